The maximum absolute atomic E-state index is 15.0. The number of aliphatic hydroxyl groups is 1. The summed E-state index contributed by atoms with van der Waals surface area (Å²) in [6.45, 7) is 5.52. The van der Waals surface area contributed by atoms with Gasteiger partial charge in [0.05, 0.1) is 42.1 Å². The zero-order valence-electron chi connectivity index (χ0n) is 21.8. The number of ether oxygens (including phenoxy) is 2. The molecule has 1 saturated heterocycles. The van der Waals surface area contributed by atoms with Crippen molar-refractivity contribution >= 4 is 40.4 Å². The van der Waals surface area contributed by atoms with Crippen molar-refractivity contribution in [3.05, 3.63) is 88.0 Å². The van der Waals surface area contributed by atoms with Gasteiger partial charge in [-0.3, -0.25) is 14.5 Å². The molecule has 1 N–H and O–H groups in total. The number of carbonyl (C=O) groups excluding carboxylic acids is 2. The number of nitrogens with zero attached hydrogens (tertiary/aromatic N) is 2. The van der Waals surface area contributed by atoms with E-state index >= 15 is 0 Å². The number of rotatable bonds is 8. The highest BCUT2D eigenvalue weighted by Crippen LogP contribution is 2.45. The van der Waals surface area contributed by atoms with E-state index in [-0.39, 0.29) is 27.7 Å². The molecule has 0 aliphatic carbocycles. The van der Waals surface area contributed by atoms with Crippen molar-refractivity contribution in [3.8, 4) is 11.5 Å². The number of aliphatic hydroxyl groups excluding tert-OH is 1. The van der Waals surface area contributed by atoms with E-state index in [0.29, 0.717) is 5.56 Å². The zero-order chi connectivity index (χ0) is 28.4. The Morgan fingerprint density at radius 3 is 2.21 bits per heavy atom. The Labute approximate surface area is 229 Å². The van der Waals surface area contributed by atoms with Gasteiger partial charge in [0.25, 0.3) is 11.7 Å². The predicted octanol–water partition coefficient (Wildman–Crippen LogP) is 6.11. The summed E-state index contributed by atoms with van der Waals surface area (Å²) in [4.78, 5) is 29.8. The first-order valence-electron chi connectivity index (χ1n) is 12.2. The van der Waals surface area contributed by atoms with Gasteiger partial charge in [0, 0.05) is 30.9 Å². The number of benzene rings is 3. The molecule has 1 amide bonds. The van der Waals surface area contributed by atoms with Crippen LogP contribution < -0.4 is 19.3 Å². The van der Waals surface area contributed by atoms with E-state index in [1.165, 1.54) is 26.4 Å². The number of halogens is 3. The molecule has 0 aromatic heterocycles. The van der Waals surface area contributed by atoms with E-state index in [0.717, 1.165) is 41.9 Å². The van der Waals surface area contributed by atoms with Gasteiger partial charge in [-0.1, -0.05) is 23.7 Å². The fourth-order valence-electron chi connectivity index (χ4n) is 4.71. The number of carbonyl (C=O) groups is 2. The van der Waals surface area contributed by atoms with Crippen molar-refractivity contribution in [2.24, 2.45) is 0 Å². The van der Waals surface area contributed by atoms with Crippen LogP contribution in [-0.4, -0.2) is 44.1 Å². The maximum Gasteiger partial charge on any atom is 0.300 e. The third-order valence-corrected chi connectivity index (χ3v) is 6.97. The predicted molar refractivity (Wildman–Crippen MR) is 146 cm³/mol. The van der Waals surface area contributed by atoms with Crippen molar-refractivity contribution in [1.29, 1.82) is 0 Å². The van der Waals surface area contributed by atoms with Crippen molar-refractivity contribution in [1.82, 2.24) is 0 Å². The summed E-state index contributed by atoms with van der Waals surface area (Å²) in [5, 5.41) is 11.7. The average Bonchev–Trinajstić information content (AvgIpc) is 3.20. The number of Topliss-reactive ketones (excluding diaryl/α,β-unsaturated/α-hetero) is 1. The van der Waals surface area contributed by atoms with Crippen LogP contribution >= 0.6 is 11.6 Å². The molecule has 1 fully saturated rings. The van der Waals surface area contributed by atoms with Crippen LogP contribution in [0.15, 0.2) is 60.2 Å². The second-order valence-corrected chi connectivity index (χ2v) is 9.12. The molecule has 3 aromatic rings. The Morgan fingerprint density at radius 1 is 0.974 bits per heavy atom. The summed E-state index contributed by atoms with van der Waals surface area (Å²) < 4.78 is 39.8. The second kappa shape index (κ2) is 11.3. The summed E-state index contributed by atoms with van der Waals surface area (Å²) in [7, 11) is 2.72. The van der Waals surface area contributed by atoms with Gasteiger partial charge in [0.2, 0.25) is 0 Å². The van der Waals surface area contributed by atoms with Crippen LogP contribution in [0.5, 0.6) is 11.5 Å². The summed E-state index contributed by atoms with van der Waals surface area (Å²) in [6, 6.07) is 11.1. The number of ketones is 1. The van der Waals surface area contributed by atoms with Crippen LogP contribution in [0, 0.1) is 11.6 Å². The number of anilines is 2. The van der Waals surface area contributed by atoms with Gasteiger partial charge in [-0.25, -0.2) is 8.78 Å². The number of methoxy groups -OCH3 is 2. The summed E-state index contributed by atoms with van der Waals surface area (Å²) in [6.07, 6.45) is 0. The molecule has 1 unspecified atom stereocenters. The lowest BCUT2D eigenvalue weighted by molar-refractivity contribution is -0.132. The number of amides is 1. The molecule has 1 heterocycles. The van der Waals surface area contributed by atoms with Crippen LogP contribution in [0.4, 0.5) is 20.2 Å². The van der Waals surface area contributed by atoms with E-state index in [1.807, 2.05) is 13.8 Å². The first-order valence-corrected chi connectivity index (χ1v) is 12.6. The molecule has 1 atom stereocenters. The Bertz CT molecular complexity index is 1450. The van der Waals surface area contributed by atoms with Crippen molar-refractivity contribution in [2.45, 2.75) is 19.9 Å². The smallest absolute Gasteiger partial charge is 0.300 e. The molecule has 7 nitrogen and oxygen atoms in total. The van der Waals surface area contributed by atoms with Crippen molar-refractivity contribution in [2.75, 3.05) is 37.1 Å². The van der Waals surface area contributed by atoms with Crippen LogP contribution in [0.1, 0.15) is 31.0 Å². The average molecular weight is 557 g/mol. The third-order valence-electron chi connectivity index (χ3n) is 6.68. The van der Waals surface area contributed by atoms with Gasteiger partial charge in [-0.2, -0.15) is 0 Å². The molecule has 0 radical (unpaired) electrons. The Balaban J connectivity index is 1.99. The Morgan fingerprint density at radius 2 is 1.62 bits per heavy atom. The number of hydrogen-bond acceptors (Lipinski definition) is 6. The molecular formula is C29H27ClF2N2O5. The minimum Gasteiger partial charge on any atom is -0.507 e. The summed E-state index contributed by atoms with van der Waals surface area (Å²) >= 11 is 6.21. The van der Waals surface area contributed by atoms with Gasteiger partial charge < -0.3 is 19.5 Å². The number of hydrogen-bond donors (Lipinski definition) is 1. The van der Waals surface area contributed by atoms with Gasteiger partial charge in [-0.15, -0.1) is 0 Å². The van der Waals surface area contributed by atoms with Crippen molar-refractivity contribution in [3.63, 3.8) is 0 Å². The van der Waals surface area contributed by atoms with Crippen molar-refractivity contribution < 1.29 is 33.0 Å². The molecule has 10 heteroatoms. The van der Waals surface area contributed by atoms with Crippen LogP contribution in [0.2, 0.25) is 5.02 Å². The van der Waals surface area contributed by atoms with E-state index in [9.17, 15) is 23.5 Å². The monoisotopic (exact) mass is 556 g/mol. The van der Waals surface area contributed by atoms with E-state index in [2.05, 4.69) is 4.90 Å². The molecule has 0 spiro atoms. The fraction of sp³-hybridized carbons (Fsp3) is 0.241. The Kier molecular flexibility index (Phi) is 8.11. The molecule has 1 aliphatic heterocycles. The van der Waals surface area contributed by atoms with Gasteiger partial charge >= 0.3 is 0 Å². The highest BCUT2D eigenvalue weighted by atomic mass is 35.5. The van der Waals surface area contributed by atoms with E-state index in [4.69, 9.17) is 21.1 Å². The molecule has 1 aliphatic rings. The standard InChI is InChI=1S/C29H27ClF2N2O5/c1-5-33(6-2)18-10-7-16(8-11-18)26-25(27(35)19-14-24(39-4)20(30)15-23(19)38-3)28(36)29(37)34(26)22-13-17(31)9-12-21(22)32/h7-15,26,35H,5-6H2,1-4H3/b27-25+. The quantitative estimate of drug-likeness (QED) is 0.205. The normalized spacial score (nSPS) is 16.5. The molecule has 3 aromatic carbocycles. The zero-order valence-corrected chi connectivity index (χ0v) is 22.6. The Hall–Kier alpha value is -4.11. The highest BCUT2D eigenvalue weighted by molar-refractivity contribution is 6.51. The van der Waals surface area contributed by atoms with Crippen LogP contribution in [-0.2, 0) is 9.59 Å². The minimum absolute atomic E-state index is 0.0289. The van der Waals surface area contributed by atoms with E-state index < -0.39 is 40.8 Å². The summed E-state index contributed by atoms with van der Waals surface area (Å²) in [5.74, 6) is -4.20. The van der Waals surface area contributed by atoms with Gasteiger partial charge in [-0.05, 0) is 49.7 Å². The molecule has 0 bridgehead atoms. The first-order chi connectivity index (χ1) is 18.7. The largest absolute Gasteiger partial charge is 0.507 e. The third kappa shape index (κ3) is 5.02. The lowest BCUT2D eigenvalue weighted by Crippen LogP contribution is -2.30. The highest BCUT2D eigenvalue weighted by Gasteiger charge is 2.48. The topological polar surface area (TPSA) is 79.3 Å². The molecule has 204 valence electrons. The second-order valence-electron chi connectivity index (χ2n) is 8.72. The molecule has 4 rings (SSSR count). The van der Waals surface area contributed by atoms with Crippen LogP contribution in [0.3, 0.4) is 0 Å². The van der Waals surface area contributed by atoms with Gasteiger partial charge in [0.1, 0.15) is 28.9 Å². The molecular weight excluding hydrogens is 530 g/mol. The maximum atomic E-state index is 15.0. The fourth-order valence-corrected chi connectivity index (χ4v) is 4.94. The molecule has 0 saturated carbocycles. The minimum atomic E-state index is -1.28. The lowest BCUT2D eigenvalue weighted by atomic mass is 9.94. The van der Waals surface area contributed by atoms with Crippen LogP contribution in [0.25, 0.3) is 5.76 Å². The SMILES string of the molecule is CCN(CC)c1ccc(C2/C(=C(\O)c3cc(OC)c(Cl)cc3OC)C(=O)C(=O)N2c2cc(F)ccc2F)cc1. The summed E-state index contributed by atoms with van der Waals surface area (Å²) in [5.41, 5.74) is 0.551. The first kappa shape index (κ1) is 27.9. The molecule has 39 heavy (non-hydrogen) atoms. The van der Waals surface area contributed by atoms with Gasteiger partial charge in [0.15, 0.2) is 0 Å². The van der Waals surface area contributed by atoms with E-state index in [1.54, 1.807) is 24.3 Å². The lowest BCUT2D eigenvalue weighted by Gasteiger charge is -2.27.